The molecule has 7 heteroatoms. The molecule has 1 aliphatic rings. The largest absolute Gasteiger partial charge is 0.417 e. The van der Waals surface area contributed by atoms with Crippen molar-refractivity contribution in [3.05, 3.63) is 64.3 Å². The fourth-order valence-corrected chi connectivity index (χ4v) is 4.72. The van der Waals surface area contributed by atoms with Crippen LogP contribution in [0, 0.1) is 6.92 Å². The maximum absolute atomic E-state index is 13.1. The molecule has 0 radical (unpaired) electrons. The summed E-state index contributed by atoms with van der Waals surface area (Å²) in [6.45, 7) is 2.70. The quantitative estimate of drug-likeness (QED) is 0.479. The monoisotopic (exact) mass is 404 g/mol. The van der Waals surface area contributed by atoms with Crippen molar-refractivity contribution in [1.82, 2.24) is 20.1 Å². The van der Waals surface area contributed by atoms with Gasteiger partial charge >= 0.3 is 0 Å². The molecule has 4 aromatic rings. The molecule has 0 saturated carbocycles. The van der Waals surface area contributed by atoms with E-state index in [0.29, 0.717) is 24.0 Å². The Bertz CT molecular complexity index is 1180. The highest BCUT2D eigenvalue weighted by Crippen LogP contribution is 2.34. The van der Waals surface area contributed by atoms with E-state index in [-0.39, 0.29) is 11.9 Å². The second-order valence-corrected chi connectivity index (χ2v) is 8.24. The summed E-state index contributed by atoms with van der Waals surface area (Å²) in [6.07, 6.45) is 4.58. The molecule has 5 rings (SSSR count). The number of aryl methyl sites for hydroxylation is 1. The van der Waals surface area contributed by atoms with Gasteiger partial charge in [0.2, 0.25) is 5.89 Å². The number of aromatic nitrogens is 3. The molecule has 0 aliphatic carbocycles. The van der Waals surface area contributed by atoms with Crippen LogP contribution in [-0.2, 0) is 0 Å². The van der Waals surface area contributed by atoms with E-state index in [9.17, 15) is 4.79 Å². The van der Waals surface area contributed by atoms with Crippen LogP contribution in [0.25, 0.3) is 22.4 Å². The van der Waals surface area contributed by atoms with Gasteiger partial charge in [0.15, 0.2) is 0 Å². The Morgan fingerprint density at radius 1 is 1.21 bits per heavy atom. The fourth-order valence-electron chi connectivity index (χ4n) is 3.87. The van der Waals surface area contributed by atoms with E-state index in [1.54, 1.807) is 6.20 Å². The van der Waals surface area contributed by atoms with E-state index in [2.05, 4.69) is 15.2 Å². The number of hydrogen-bond donors (Lipinski definition) is 0. The summed E-state index contributed by atoms with van der Waals surface area (Å²) < 4.78 is 6.06. The summed E-state index contributed by atoms with van der Waals surface area (Å²) in [7, 11) is 0. The highest BCUT2D eigenvalue weighted by atomic mass is 32.1. The van der Waals surface area contributed by atoms with Crippen molar-refractivity contribution in [2.24, 2.45) is 0 Å². The lowest BCUT2D eigenvalue weighted by Crippen LogP contribution is -2.38. The minimum atomic E-state index is -0.199. The van der Waals surface area contributed by atoms with Gasteiger partial charge in [0.05, 0.1) is 4.88 Å². The van der Waals surface area contributed by atoms with Gasteiger partial charge in [-0.25, -0.2) is 0 Å². The van der Waals surface area contributed by atoms with Crippen LogP contribution in [0.1, 0.15) is 46.4 Å². The van der Waals surface area contributed by atoms with E-state index < -0.39 is 0 Å². The Balaban J connectivity index is 1.49. The van der Waals surface area contributed by atoms with Gasteiger partial charge in [0, 0.05) is 18.1 Å². The molecular weight excluding hydrogens is 384 g/mol. The lowest BCUT2D eigenvalue weighted by Gasteiger charge is -2.33. The number of fused-ring (bicyclic) bond motifs is 1. The Morgan fingerprint density at radius 2 is 2.10 bits per heavy atom. The number of likely N-dealkylation sites (tertiary alicyclic amines) is 1. The number of benzene rings is 1. The molecule has 0 spiro atoms. The Hall–Kier alpha value is -3.06. The number of amides is 1. The van der Waals surface area contributed by atoms with Gasteiger partial charge in [0.25, 0.3) is 11.8 Å². The molecule has 1 fully saturated rings. The molecule has 1 atom stereocenters. The van der Waals surface area contributed by atoms with E-state index in [0.717, 1.165) is 40.5 Å². The van der Waals surface area contributed by atoms with Crippen molar-refractivity contribution in [2.75, 3.05) is 6.54 Å². The highest BCUT2D eigenvalue weighted by molar-refractivity contribution is 7.12. The first-order chi connectivity index (χ1) is 14.2. The minimum Gasteiger partial charge on any atom is -0.417 e. The molecule has 1 saturated heterocycles. The van der Waals surface area contributed by atoms with Crippen LogP contribution in [0.15, 0.2) is 52.4 Å². The molecule has 4 heterocycles. The molecule has 1 aromatic carbocycles. The lowest BCUT2D eigenvalue weighted by atomic mass is 10.0. The van der Waals surface area contributed by atoms with Crippen LogP contribution < -0.4 is 0 Å². The first-order valence-electron chi connectivity index (χ1n) is 9.74. The first-order valence-corrected chi connectivity index (χ1v) is 10.6. The molecule has 0 N–H and O–H groups in total. The summed E-state index contributed by atoms with van der Waals surface area (Å²) in [4.78, 5) is 20.2. The van der Waals surface area contributed by atoms with Gasteiger partial charge in [-0.2, -0.15) is 0 Å². The second kappa shape index (κ2) is 7.40. The van der Waals surface area contributed by atoms with E-state index >= 15 is 0 Å². The van der Waals surface area contributed by atoms with Crippen molar-refractivity contribution in [1.29, 1.82) is 0 Å². The van der Waals surface area contributed by atoms with Gasteiger partial charge in [0.1, 0.15) is 11.7 Å². The van der Waals surface area contributed by atoms with Crippen molar-refractivity contribution in [3.63, 3.8) is 0 Å². The minimum absolute atomic E-state index is 0.0378. The molecule has 1 aliphatic heterocycles. The number of carbonyl (C=O) groups excluding carboxylic acids is 1. The predicted octanol–water partition coefficient (Wildman–Crippen LogP) is 5.02. The summed E-state index contributed by atoms with van der Waals surface area (Å²) in [5.74, 6) is 0.911. The highest BCUT2D eigenvalue weighted by Gasteiger charge is 2.33. The zero-order chi connectivity index (χ0) is 19.8. The molecular formula is C22H20N4O2S. The number of carbonyl (C=O) groups is 1. The summed E-state index contributed by atoms with van der Waals surface area (Å²) >= 11 is 1.48. The number of rotatable bonds is 3. The normalized spacial score (nSPS) is 17.0. The SMILES string of the molecule is Cc1csc(C(=O)N2CCCC[C@@H]2c2nnc(-c3nccc4ccccc34)o2)c1. The van der Waals surface area contributed by atoms with Crippen molar-refractivity contribution < 1.29 is 9.21 Å². The van der Waals surface area contributed by atoms with Gasteiger partial charge < -0.3 is 9.32 Å². The summed E-state index contributed by atoms with van der Waals surface area (Å²) in [6, 6.07) is 11.7. The molecule has 3 aromatic heterocycles. The van der Waals surface area contributed by atoms with Gasteiger partial charge in [-0.1, -0.05) is 24.3 Å². The van der Waals surface area contributed by atoms with Crippen LogP contribution in [0.5, 0.6) is 0 Å². The fraction of sp³-hybridized carbons (Fsp3) is 0.273. The maximum Gasteiger partial charge on any atom is 0.267 e. The third kappa shape index (κ3) is 3.31. The van der Waals surface area contributed by atoms with Crippen molar-refractivity contribution in [2.45, 2.75) is 32.2 Å². The number of nitrogens with zero attached hydrogens (tertiary/aromatic N) is 4. The molecule has 0 bridgehead atoms. The number of piperidine rings is 1. The van der Waals surface area contributed by atoms with Gasteiger partial charge in [-0.05, 0) is 54.6 Å². The average Bonchev–Trinajstić information content (AvgIpc) is 3.42. The van der Waals surface area contributed by atoms with Crippen molar-refractivity contribution in [3.8, 4) is 11.6 Å². The van der Waals surface area contributed by atoms with Crippen molar-refractivity contribution >= 4 is 28.0 Å². The smallest absolute Gasteiger partial charge is 0.267 e. The van der Waals surface area contributed by atoms with Crippen LogP contribution in [0.4, 0.5) is 0 Å². The van der Waals surface area contributed by atoms with E-state index in [1.165, 1.54) is 11.3 Å². The average molecular weight is 404 g/mol. The van der Waals surface area contributed by atoms with Gasteiger partial charge in [-0.15, -0.1) is 21.5 Å². The van der Waals surface area contributed by atoms with Crippen LogP contribution in [0.3, 0.4) is 0 Å². The second-order valence-electron chi connectivity index (χ2n) is 7.32. The number of thiophene rings is 1. The molecule has 0 unspecified atom stereocenters. The third-order valence-electron chi connectivity index (χ3n) is 5.31. The molecule has 146 valence electrons. The van der Waals surface area contributed by atoms with Crippen LogP contribution in [0.2, 0.25) is 0 Å². The number of pyridine rings is 1. The van der Waals surface area contributed by atoms with Gasteiger partial charge in [-0.3, -0.25) is 9.78 Å². The zero-order valence-corrected chi connectivity index (χ0v) is 16.9. The maximum atomic E-state index is 13.1. The zero-order valence-electron chi connectivity index (χ0n) is 16.0. The standard InChI is InChI=1S/C22H20N4O2S/c1-14-12-18(29-13-14)22(27)26-11-5-4-8-17(26)20-24-25-21(28-20)19-16-7-3-2-6-15(16)9-10-23-19/h2-3,6-7,9-10,12-13,17H,4-5,8,11H2,1H3/t17-/m1/s1. The van der Waals surface area contributed by atoms with Crippen LogP contribution in [-0.4, -0.2) is 32.5 Å². The summed E-state index contributed by atoms with van der Waals surface area (Å²) in [5.41, 5.74) is 1.78. The third-order valence-corrected chi connectivity index (χ3v) is 6.34. The number of hydrogen-bond acceptors (Lipinski definition) is 6. The van der Waals surface area contributed by atoms with E-state index in [4.69, 9.17) is 4.42 Å². The lowest BCUT2D eigenvalue weighted by molar-refractivity contribution is 0.0577. The molecule has 1 amide bonds. The molecule has 6 nitrogen and oxygen atoms in total. The van der Waals surface area contributed by atoms with Crippen LogP contribution >= 0.6 is 11.3 Å². The predicted molar refractivity (Wildman–Crippen MR) is 112 cm³/mol. The topological polar surface area (TPSA) is 72.1 Å². The Labute approximate surface area is 172 Å². The first kappa shape index (κ1) is 18.0. The Morgan fingerprint density at radius 3 is 2.97 bits per heavy atom. The van der Waals surface area contributed by atoms with E-state index in [1.807, 2.05) is 53.6 Å². The molecule has 29 heavy (non-hydrogen) atoms. The Kier molecular flexibility index (Phi) is 4.60. The summed E-state index contributed by atoms with van der Waals surface area (Å²) in [5, 5.41) is 12.6.